The van der Waals surface area contributed by atoms with Gasteiger partial charge in [-0.05, 0) is 0 Å². The molecule has 1 atom stereocenters. The molecule has 0 fully saturated rings. The van der Waals surface area contributed by atoms with Crippen molar-refractivity contribution in [2.45, 2.75) is 0 Å². The Balaban J connectivity index is 0. The first-order valence-corrected chi connectivity index (χ1v) is 2.97. The van der Waals surface area contributed by atoms with Gasteiger partial charge in [-0.2, -0.15) is 0 Å². The Labute approximate surface area is 56.7 Å². The summed E-state index contributed by atoms with van der Waals surface area (Å²) < 4.78 is 22.2. The van der Waals surface area contributed by atoms with Gasteiger partial charge >= 0.3 is 35.7 Å². The second kappa shape index (κ2) is 6.26. The molecule has 0 aliphatic rings. The van der Waals surface area contributed by atoms with E-state index in [2.05, 4.69) is 3.45 Å². The van der Waals surface area contributed by atoms with E-state index in [1.807, 2.05) is 0 Å². The van der Waals surface area contributed by atoms with E-state index in [9.17, 15) is 7.35 Å². The van der Waals surface area contributed by atoms with Crippen LogP contribution in [0.3, 0.4) is 0 Å². The van der Waals surface area contributed by atoms with Crippen molar-refractivity contribution < 1.29 is 47.3 Å². The topological polar surface area (TPSA) is 43.4 Å². The second-order valence-corrected chi connectivity index (χ2v) is 2.23. The van der Waals surface area contributed by atoms with E-state index in [0.29, 0.717) is 0 Å². The van der Waals surface area contributed by atoms with Crippen LogP contribution in [0.2, 0.25) is 0 Å². The molecule has 3 nitrogen and oxygen atoms in total. The molecule has 0 spiro atoms. The molecule has 0 heterocycles. The first-order chi connectivity index (χ1) is 2.27. The van der Waals surface area contributed by atoms with E-state index >= 15 is 0 Å². The number of hydrogen-bond donors (Lipinski definition) is 0. The predicted octanol–water partition coefficient (Wildman–Crippen LogP) is 0.0148. The van der Waals surface area contributed by atoms with Gasteiger partial charge in [0.05, 0.1) is 0 Å². The summed E-state index contributed by atoms with van der Waals surface area (Å²) in [5.41, 5.74) is 0. The third kappa shape index (κ3) is 8.98. The van der Waals surface area contributed by atoms with Crippen molar-refractivity contribution in [1.82, 2.24) is 0 Å². The Morgan fingerprint density at radius 1 is 1.50 bits per heavy atom. The third-order valence-corrected chi connectivity index (χ3v) is 1.06. The van der Waals surface area contributed by atoms with E-state index in [1.165, 1.54) is 0 Å². The summed E-state index contributed by atoms with van der Waals surface area (Å²) in [7, 11) is 1.63. The summed E-state index contributed by atoms with van der Waals surface area (Å²) in [6.45, 7) is 0. The van der Waals surface area contributed by atoms with Crippen LogP contribution in [0.15, 0.2) is 0 Å². The molecule has 0 saturated carbocycles. The van der Waals surface area contributed by atoms with Crippen LogP contribution in [-0.4, -0.2) is 0 Å². The quantitative estimate of drug-likeness (QED) is 0.641. The first-order valence-electron chi connectivity index (χ1n) is 0.783. The molecule has 6 heteroatoms. The number of hydrogen-bond acceptors (Lipinski definition) is 3. The van der Waals surface area contributed by atoms with Crippen molar-refractivity contribution in [1.29, 1.82) is 0 Å². The molecule has 1 unspecified atom stereocenters. The zero-order chi connectivity index (χ0) is 4.28. The molecular weight excluding hydrogens is 314 g/mol. The summed E-state index contributed by atoms with van der Waals surface area (Å²) in [6, 6.07) is 0. The van der Waals surface area contributed by atoms with Gasteiger partial charge in [-0.1, -0.05) is 0 Å². The summed E-state index contributed by atoms with van der Waals surface area (Å²) in [4.78, 5) is 0. The molecule has 0 saturated heterocycles. The Kier molecular flexibility index (Phi) is 10.7. The standard InChI is InChI=1S/H2OP.2O.V.W/c1-2;;;;/h2H2;;;;/q-1;;;+1;. The first kappa shape index (κ1) is 10.3. The number of rotatable bonds is 1. The van der Waals surface area contributed by atoms with Crippen molar-refractivity contribution in [2.24, 2.45) is 0 Å². The van der Waals surface area contributed by atoms with Crippen LogP contribution in [0.1, 0.15) is 0 Å². The molecule has 0 aromatic rings. The van der Waals surface area contributed by atoms with Crippen molar-refractivity contribution in [2.75, 3.05) is 0 Å². The Hall–Kier alpha value is 1.26. The average molecular weight is 316 g/mol. The molecule has 0 aliphatic heterocycles. The van der Waals surface area contributed by atoms with Gasteiger partial charge in [0.1, 0.15) is 0 Å². The minimum Gasteiger partial charge on any atom is 0 e. The van der Waals surface area contributed by atoms with Crippen LogP contribution in [0, 0.1) is 0 Å². The van der Waals surface area contributed by atoms with Crippen molar-refractivity contribution in [3.63, 3.8) is 0 Å². The van der Waals surface area contributed by atoms with E-state index in [1.54, 1.807) is 9.47 Å². The van der Waals surface area contributed by atoms with Crippen LogP contribution in [-0.2, 0) is 47.3 Å². The fourth-order valence-electron chi connectivity index (χ4n) is 0. The van der Waals surface area contributed by atoms with Gasteiger partial charge in [0, 0.05) is 21.1 Å². The molecule has 36 valence electrons. The molecule has 0 amide bonds. The molecule has 0 aromatic heterocycles. The smallest absolute Gasteiger partial charge is 0 e. The van der Waals surface area contributed by atoms with Gasteiger partial charge in [0.25, 0.3) is 0 Å². The molecule has 0 radical (unpaired) electrons. The summed E-state index contributed by atoms with van der Waals surface area (Å²) in [5, 5.41) is 0. The largest absolute Gasteiger partial charge is 0 e. The van der Waals surface area contributed by atoms with Gasteiger partial charge in [-0.15, -0.1) is 0 Å². The van der Waals surface area contributed by atoms with Crippen LogP contribution < -0.4 is 0 Å². The van der Waals surface area contributed by atoms with Gasteiger partial charge in [-0.3, -0.25) is 0 Å². The van der Waals surface area contributed by atoms with E-state index in [4.69, 9.17) is 0 Å². The average Bonchev–Trinajstić information content (AvgIpc) is 1.38. The van der Waals surface area contributed by atoms with Gasteiger partial charge in [-0.25, -0.2) is 0 Å². The molecule has 0 bridgehead atoms. The van der Waals surface area contributed by atoms with E-state index < -0.39 is 15.4 Å². The normalized spacial score (nSPS) is 6.17. The van der Waals surface area contributed by atoms with Crippen molar-refractivity contribution >= 4 is 9.47 Å². The van der Waals surface area contributed by atoms with Gasteiger partial charge in [0.2, 0.25) is 0 Å². The molecule has 0 aliphatic carbocycles. The maximum Gasteiger partial charge on any atom is 0 e. The second-order valence-electron chi connectivity index (χ2n) is 0.329. The fourth-order valence-corrected chi connectivity index (χ4v) is 0. The maximum absolute atomic E-state index is 9.24. The van der Waals surface area contributed by atoms with Crippen LogP contribution in [0.25, 0.3) is 0 Å². The van der Waals surface area contributed by atoms with Crippen LogP contribution in [0.4, 0.5) is 0 Å². The van der Waals surface area contributed by atoms with Gasteiger partial charge < -0.3 is 0 Å². The molecule has 0 rings (SSSR count). The Morgan fingerprint density at radius 2 is 1.67 bits per heavy atom. The molecule has 0 N–H and O–H groups in total. The molecule has 6 heavy (non-hydrogen) atoms. The third-order valence-electron chi connectivity index (χ3n) is 0.0861. The Bertz CT molecular complexity index is 68.9. The Morgan fingerprint density at radius 3 is 1.67 bits per heavy atom. The zero-order valence-corrected chi connectivity index (χ0v) is 8.14. The SMILES string of the molecule is [O]=[V](=[O])[O]P.[W]. The summed E-state index contributed by atoms with van der Waals surface area (Å²) in [6.07, 6.45) is 0. The minimum atomic E-state index is -3.24. The van der Waals surface area contributed by atoms with Gasteiger partial charge in [0.15, 0.2) is 0 Å². The van der Waals surface area contributed by atoms with E-state index in [0.717, 1.165) is 0 Å². The summed E-state index contributed by atoms with van der Waals surface area (Å²) >= 11 is -3.24. The molecular formula is H2O3PVW. The monoisotopic (exact) mass is 316 g/mol. The van der Waals surface area contributed by atoms with Crippen molar-refractivity contribution in [3.8, 4) is 0 Å². The zero-order valence-electron chi connectivity index (χ0n) is 2.66. The molecule has 0 aromatic carbocycles. The van der Waals surface area contributed by atoms with Crippen LogP contribution >= 0.6 is 9.47 Å². The fraction of sp³-hybridized carbons (Fsp3) is 0. The summed E-state index contributed by atoms with van der Waals surface area (Å²) in [5.74, 6) is 0. The van der Waals surface area contributed by atoms with Crippen molar-refractivity contribution in [3.05, 3.63) is 0 Å². The van der Waals surface area contributed by atoms with Crippen LogP contribution in [0.5, 0.6) is 0 Å². The predicted molar refractivity (Wildman–Crippen MR) is 12.2 cm³/mol. The van der Waals surface area contributed by atoms with E-state index in [-0.39, 0.29) is 21.1 Å². The minimum absolute atomic E-state index is 0. The maximum atomic E-state index is 9.24.